The van der Waals surface area contributed by atoms with Gasteiger partial charge in [0.05, 0.1) is 0 Å². The fourth-order valence-corrected chi connectivity index (χ4v) is 6.95. The molecule has 2 atom stereocenters. The van der Waals surface area contributed by atoms with Gasteiger partial charge in [-0.1, -0.05) is 5.16 Å². The van der Waals surface area contributed by atoms with Crippen LogP contribution in [0.3, 0.4) is 0 Å². The van der Waals surface area contributed by atoms with E-state index in [4.69, 9.17) is 16.3 Å². The van der Waals surface area contributed by atoms with Crippen molar-refractivity contribution < 1.29 is 53.8 Å². The first kappa shape index (κ1) is 38.1. The fraction of sp³-hybridized carbons (Fsp3) is 0.323. The second kappa shape index (κ2) is 15.2. The molecule has 5 rings (SSSR count). The summed E-state index contributed by atoms with van der Waals surface area (Å²) in [6.07, 6.45) is 3.00. The van der Waals surface area contributed by atoms with Crippen molar-refractivity contribution in [2.45, 2.75) is 37.4 Å². The van der Waals surface area contributed by atoms with Crippen LogP contribution in [0.5, 0.6) is 11.5 Å². The molecule has 2 aromatic heterocycles. The summed E-state index contributed by atoms with van der Waals surface area (Å²) in [4.78, 5) is 79.3. The summed E-state index contributed by atoms with van der Waals surface area (Å²) in [5.41, 5.74) is 10.2. The molecule has 10 N–H and O–H groups in total. The number of likely N-dealkylation sites (N-methyl/N-ethyl adjacent to an activating group) is 1. The second-order valence-corrected chi connectivity index (χ2v) is 14.2. The van der Waals surface area contributed by atoms with Gasteiger partial charge in [0.1, 0.15) is 41.2 Å². The summed E-state index contributed by atoms with van der Waals surface area (Å²) in [7, 11) is 1.56. The van der Waals surface area contributed by atoms with E-state index in [9.17, 15) is 44.4 Å². The molecule has 22 heteroatoms. The molecule has 280 valence electrons. The number of hydrogen-bond acceptors (Lipinski definition) is 16. The standard InChI is InChI=1S/C31H34N10O10S2/c1-31(2,29(49)50)51-38-20(17-12-53-30(33)36-17)24(44)37-21-26(46)41-22(28(47)48)15(11-52-27(21)41)9-40-10-16(23(32)35-13-40)34-6-7-39(3)25(45)14-4-5-18(42)19(43)8-14/h4-5,8,10,12-13,21,27,32,34H,6-7,9,11H2,1-3H3,(H7,33,36,37,38,42,43,44,45,47,48,49,50)/p+1. The summed E-state index contributed by atoms with van der Waals surface area (Å²) < 4.78 is 1.58. The number of thiazole rings is 1. The summed E-state index contributed by atoms with van der Waals surface area (Å²) in [5, 5.41) is 48.9. The van der Waals surface area contributed by atoms with Crippen LogP contribution >= 0.6 is 23.1 Å². The zero-order valence-electron chi connectivity index (χ0n) is 28.3. The molecule has 0 spiro atoms. The first-order valence-electron chi connectivity index (χ1n) is 15.6. The molecule has 2 aliphatic rings. The van der Waals surface area contributed by atoms with Crippen LogP contribution in [0, 0.1) is 0 Å². The molecule has 0 aliphatic carbocycles. The average Bonchev–Trinajstić information content (AvgIpc) is 3.54. The monoisotopic (exact) mass is 771 g/mol. The SMILES string of the molecule is CN(CCNc1c[n+](CC2=C(C(=O)O)N3C(=O)C(NC(=O)/C(=N\OC(C)(C)C(=O)O)c4csc(N)n4)C3SC2)cnc1N)C(=O)c1ccc(O)c(O)c1. The molecule has 1 aromatic carbocycles. The minimum absolute atomic E-state index is 0.0155. The number of nitrogens with zero attached hydrogens (tertiary/aromatic N) is 6. The van der Waals surface area contributed by atoms with Gasteiger partial charge in [-0.3, -0.25) is 19.3 Å². The number of aromatic hydroxyl groups is 2. The van der Waals surface area contributed by atoms with Crippen molar-refractivity contribution in [3.63, 3.8) is 0 Å². The van der Waals surface area contributed by atoms with Crippen molar-refractivity contribution in [1.82, 2.24) is 25.1 Å². The Morgan fingerprint density at radius 3 is 2.57 bits per heavy atom. The van der Waals surface area contributed by atoms with Gasteiger partial charge in [0.15, 0.2) is 22.3 Å². The number of benzene rings is 1. The quantitative estimate of drug-likeness (QED) is 0.0340. The van der Waals surface area contributed by atoms with Crippen molar-refractivity contribution in [2.75, 3.05) is 42.7 Å². The summed E-state index contributed by atoms with van der Waals surface area (Å²) in [6, 6.07) is 2.61. The van der Waals surface area contributed by atoms with E-state index in [0.29, 0.717) is 11.3 Å². The van der Waals surface area contributed by atoms with Gasteiger partial charge in [0.2, 0.25) is 5.60 Å². The van der Waals surface area contributed by atoms with Crippen LogP contribution in [0.2, 0.25) is 0 Å². The molecule has 2 aliphatic heterocycles. The van der Waals surface area contributed by atoms with Crippen LogP contribution < -0.4 is 26.7 Å². The zero-order chi connectivity index (χ0) is 38.8. The molecule has 1 saturated heterocycles. The lowest BCUT2D eigenvalue weighted by atomic mass is 10.0. The molecular weight excluding hydrogens is 737 g/mol. The largest absolute Gasteiger partial charge is 0.504 e. The van der Waals surface area contributed by atoms with Crippen LogP contribution in [0.4, 0.5) is 16.6 Å². The Balaban J connectivity index is 1.26. The highest BCUT2D eigenvalue weighted by molar-refractivity contribution is 8.00. The minimum Gasteiger partial charge on any atom is -0.504 e. The minimum atomic E-state index is -1.80. The normalized spacial score (nSPS) is 17.1. The number of oxime groups is 1. The van der Waals surface area contributed by atoms with E-state index in [1.165, 1.54) is 54.3 Å². The zero-order valence-corrected chi connectivity index (χ0v) is 30.0. The number of β-lactam (4-membered cyclic amide) rings is 1. The number of rotatable bonds is 14. The van der Waals surface area contributed by atoms with Crippen LogP contribution in [0.25, 0.3) is 0 Å². The van der Waals surface area contributed by atoms with Gasteiger partial charge in [-0.15, -0.1) is 23.1 Å². The summed E-state index contributed by atoms with van der Waals surface area (Å²) in [5.74, 6) is -5.17. The van der Waals surface area contributed by atoms with Crippen molar-refractivity contribution in [2.24, 2.45) is 5.16 Å². The number of carbonyl (C=O) groups excluding carboxylic acids is 3. The third kappa shape index (κ3) is 8.17. The highest BCUT2D eigenvalue weighted by Crippen LogP contribution is 2.40. The lowest BCUT2D eigenvalue weighted by molar-refractivity contribution is -0.691. The molecule has 3 aromatic rings. The molecule has 0 saturated carbocycles. The third-order valence-electron chi connectivity index (χ3n) is 8.02. The summed E-state index contributed by atoms with van der Waals surface area (Å²) >= 11 is 2.22. The molecular formula is C31H35N10O10S2+. The van der Waals surface area contributed by atoms with Crippen molar-refractivity contribution in [3.8, 4) is 11.5 Å². The number of carbonyl (C=O) groups is 5. The number of nitrogens with two attached hydrogens (primary N) is 2. The molecule has 53 heavy (non-hydrogen) atoms. The van der Waals surface area contributed by atoms with E-state index in [1.807, 2.05) is 0 Å². The highest BCUT2D eigenvalue weighted by atomic mass is 32.2. The van der Waals surface area contributed by atoms with Crippen LogP contribution in [0.15, 0.2) is 52.5 Å². The van der Waals surface area contributed by atoms with E-state index in [2.05, 4.69) is 25.8 Å². The van der Waals surface area contributed by atoms with E-state index in [1.54, 1.807) is 17.8 Å². The number of carboxylic acid groups (broad SMARTS) is 2. The molecule has 20 nitrogen and oxygen atoms in total. The van der Waals surface area contributed by atoms with Crippen molar-refractivity contribution in [1.29, 1.82) is 0 Å². The Labute approximate surface area is 308 Å². The molecule has 1 fully saturated rings. The van der Waals surface area contributed by atoms with E-state index >= 15 is 0 Å². The van der Waals surface area contributed by atoms with Gasteiger partial charge in [0, 0.05) is 42.4 Å². The summed E-state index contributed by atoms with van der Waals surface area (Å²) in [6.45, 7) is 2.92. The number of nitrogen functional groups attached to an aromatic ring is 2. The number of nitrogens with one attached hydrogen (secondary N) is 2. The number of thioether (sulfide) groups is 1. The smallest absolute Gasteiger partial charge is 0.352 e. The number of amides is 3. The number of anilines is 3. The average molecular weight is 772 g/mol. The number of aliphatic carboxylic acids is 2. The molecule has 3 amide bonds. The maximum Gasteiger partial charge on any atom is 0.352 e. The van der Waals surface area contributed by atoms with Gasteiger partial charge in [-0.25, -0.2) is 19.1 Å². The Morgan fingerprint density at radius 1 is 1.19 bits per heavy atom. The number of phenols is 2. The molecule has 4 heterocycles. The lowest BCUT2D eigenvalue weighted by Gasteiger charge is -2.49. The van der Waals surface area contributed by atoms with Crippen LogP contribution in [0.1, 0.15) is 29.9 Å². The number of carboxylic acids is 2. The third-order valence-corrected chi connectivity index (χ3v) is 10.0. The van der Waals surface area contributed by atoms with Crippen molar-refractivity contribution >= 4 is 75.1 Å². The first-order chi connectivity index (χ1) is 25.0. The van der Waals surface area contributed by atoms with Gasteiger partial charge in [-0.2, -0.15) is 0 Å². The topological polar surface area (TPSA) is 300 Å². The number of hydrogen-bond donors (Lipinski definition) is 8. The van der Waals surface area contributed by atoms with Gasteiger partial charge in [0.25, 0.3) is 29.9 Å². The Hall–Kier alpha value is -6.16. The predicted octanol–water partition coefficient (Wildman–Crippen LogP) is -0.392. The Kier molecular flexibility index (Phi) is 10.9. The maximum absolute atomic E-state index is 13.4. The van der Waals surface area contributed by atoms with Gasteiger partial charge in [-0.05, 0) is 37.0 Å². The number of fused-ring (bicyclic) bond motifs is 1. The van der Waals surface area contributed by atoms with Crippen molar-refractivity contribution in [3.05, 3.63) is 58.6 Å². The highest BCUT2D eigenvalue weighted by Gasteiger charge is 2.54. The molecule has 2 unspecified atom stereocenters. The first-order valence-corrected chi connectivity index (χ1v) is 17.5. The van der Waals surface area contributed by atoms with Crippen LogP contribution in [-0.2, 0) is 30.6 Å². The Morgan fingerprint density at radius 2 is 1.92 bits per heavy atom. The number of phenolic OH excluding ortho intramolecular Hbond substituents is 2. The van der Waals surface area contributed by atoms with Crippen LogP contribution in [-0.4, -0.2) is 118 Å². The van der Waals surface area contributed by atoms with E-state index in [-0.39, 0.29) is 59.0 Å². The van der Waals surface area contributed by atoms with E-state index < -0.39 is 58.1 Å². The molecule has 0 radical (unpaired) electrons. The Bertz CT molecular complexity index is 2050. The lowest BCUT2D eigenvalue weighted by Crippen LogP contribution is -2.71. The van der Waals surface area contributed by atoms with Gasteiger partial charge >= 0.3 is 11.9 Å². The van der Waals surface area contributed by atoms with Gasteiger partial charge < -0.3 is 52.3 Å². The molecule has 0 bridgehead atoms. The number of aromatic nitrogens is 3. The second-order valence-electron chi connectivity index (χ2n) is 12.2. The fourth-order valence-electron chi connectivity index (χ4n) is 5.07. The predicted molar refractivity (Wildman–Crippen MR) is 190 cm³/mol. The maximum atomic E-state index is 13.4. The van der Waals surface area contributed by atoms with E-state index in [0.717, 1.165) is 22.3 Å².